The lowest BCUT2D eigenvalue weighted by Gasteiger charge is -2.40. The van der Waals surface area contributed by atoms with Crippen molar-refractivity contribution in [2.75, 3.05) is 13.2 Å². The first-order chi connectivity index (χ1) is 46.7. The molecule has 1 heterocycles. The molecule has 11 nitrogen and oxygen atoms in total. The number of allylic oxidation sites excluding steroid dienone is 8. The van der Waals surface area contributed by atoms with Crippen molar-refractivity contribution >= 4 is 5.91 Å². The molecular formula is C84H159NO10. The van der Waals surface area contributed by atoms with Gasteiger partial charge in [0.25, 0.3) is 0 Å². The van der Waals surface area contributed by atoms with Gasteiger partial charge in [0.05, 0.1) is 25.4 Å². The van der Waals surface area contributed by atoms with Gasteiger partial charge in [0, 0.05) is 0 Å². The predicted molar refractivity (Wildman–Crippen MR) is 404 cm³/mol. The summed E-state index contributed by atoms with van der Waals surface area (Å²) >= 11 is 0. The Morgan fingerprint density at radius 1 is 0.358 bits per heavy atom. The lowest BCUT2D eigenvalue weighted by atomic mass is 9.98. The fraction of sp³-hybridized carbons (Fsp3) is 0.893. The quantitative estimate of drug-likeness (QED) is 0.0215. The number of aliphatic hydroxyl groups excluding tert-OH is 7. The maximum absolute atomic E-state index is 13.3. The standard InChI is InChI=1S/C84H159NO10/c1-3-5-7-9-11-13-15-17-19-21-23-25-27-29-31-33-35-36-37-38-39-40-41-42-44-46-48-50-52-54-56-58-60-62-64-66-68-70-72-77(88)83(93)85-75(74-94-84-82(92)81(91)80(90)78(73-86)95-84)79(89)76(87)71-69-67-65-63-61-59-57-55-53-51-49-47-45-43-34-32-30-28-26-24-22-20-18-16-14-12-10-8-6-4-2/h38-39,47,49,55,57,63,65,75-82,84,86-92H,3-37,40-46,48,50-54,56,58-62,64,66-74H2,1-2H3,(H,85,93)/b39-38-,49-47+,57-55+,65-63+. The van der Waals surface area contributed by atoms with E-state index in [0.29, 0.717) is 19.3 Å². The molecule has 95 heavy (non-hydrogen) atoms. The highest BCUT2D eigenvalue weighted by atomic mass is 16.7. The molecule has 9 unspecified atom stereocenters. The molecule has 0 spiro atoms. The van der Waals surface area contributed by atoms with Crippen molar-refractivity contribution in [1.82, 2.24) is 5.32 Å². The number of amides is 1. The van der Waals surface area contributed by atoms with Crippen molar-refractivity contribution in [1.29, 1.82) is 0 Å². The lowest BCUT2D eigenvalue weighted by Crippen LogP contribution is -2.60. The largest absolute Gasteiger partial charge is 0.394 e. The Hall–Kier alpha value is -1.93. The van der Waals surface area contributed by atoms with E-state index in [1.54, 1.807) is 0 Å². The third kappa shape index (κ3) is 58.4. The Kier molecular flexibility index (Phi) is 68.9. The van der Waals surface area contributed by atoms with E-state index in [-0.39, 0.29) is 12.8 Å². The maximum atomic E-state index is 13.3. The molecule has 1 fully saturated rings. The van der Waals surface area contributed by atoms with E-state index in [2.05, 4.69) is 67.8 Å². The minimum absolute atomic E-state index is 0.242. The third-order valence-corrected chi connectivity index (χ3v) is 20.1. The van der Waals surface area contributed by atoms with E-state index < -0.39 is 74.2 Å². The highest BCUT2D eigenvalue weighted by Crippen LogP contribution is 2.24. The molecule has 0 bridgehead atoms. The van der Waals surface area contributed by atoms with Gasteiger partial charge in [0.15, 0.2) is 6.29 Å². The van der Waals surface area contributed by atoms with Gasteiger partial charge in [-0.3, -0.25) is 4.79 Å². The number of carbonyl (C=O) groups excluding carboxylic acids is 1. The fourth-order valence-corrected chi connectivity index (χ4v) is 13.5. The van der Waals surface area contributed by atoms with Crippen LogP contribution in [-0.4, -0.2) is 110 Å². The van der Waals surface area contributed by atoms with E-state index >= 15 is 0 Å². The van der Waals surface area contributed by atoms with Crippen LogP contribution in [0.5, 0.6) is 0 Å². The van der Waals surface area contributed by atoms with Crippen molar-refractivity contribution in [2.24, 2.45) is 0 Å². The van der Waals surface area contributed by atoms with Crippen molar-refractivity contribution in [3.05, 3.63) is 48.6 Å². The molecule has 9 atom stereocenters. The molecule has 0 aromatic carbocycles. The van der Waals surface area contributed by atoms with Crippen LogP contribution in [0.3, 0.4) is 0 Å². The first kappa shape index (κ1) is 91.1. The second-order valence-electron chi connectivity index (χ2n) is 29.2. The summed E-state index contributed by atoms with van der Waals surface area (Å²) in [6, 6.07) is -1.20. The second kappa shape index (κ2) is 71.9. The smallest absolute Gasteiger partial charge is 0.249 e. The molecule has 560 valence electrons. The Morgan fingerprint density at radius 3 is 0.937 bits per heavy atom. The minimum atomic E-state index is -1.68. The Labute approximate surface area is 587 Å². The number of hydrogen-bond donors (Lipinski definition) is 8. The van der Waals surface area contributed by atoms with Gasteiger partial charge in [-0.1, -0.05) is 371 Å². The highest BCUT2D eigenvalue weighted by molar-refractivity contribution is 5.80. The monoisotopic (exact) mass is 1340 g/mol. The van der Waals surface area contributed by atoms with Gasteiger partial charge in [-0.05, 0) is 89.9 Å². The molecule has 11 heteroatoms. The van der Waals surface area contributed by atoms with Gasteiger partial charge in [-0.25, -0.2) is 0 Å². The Morgan fingerprint density at radius 2 is 0.632 bits per heavy atom. The zero-order valence-corrected chi connectivity index (χ0v) is 62.4. The van der Waals surface area contributed by atoms with Gasteiger partial charge in [0.1, 0.15) is 36.6 Å². The van der Waals surface area contributed by atoms with Crippen LogP contribution in [0.1, 0.15) is 412 Å². The Bertz CT molecular complexity index is 1690. The number of rotatable bonds is 74. The number of unbranched alkanes of at least 4 members (excludes halogenated alkanes) is 54. The van der Waals surface area contributed by atoms with E-state index in [9.17, 15) is 40.5 Å². The summed E-state index contributed by atoms with van der Waals surface area (Å²) in [4.78, 5) is 13.3. The molecule has 1 saturated heterocycles. The van der Waals surface area contributed by atoms with Gasteiger partial charge >= 0.3 is 0 Å². The van der Waals surface area contributed by atoms with Crippen LogP contribution in [0.2, 0.25) is 0 Å². The first-order valence-electron chi connectivity index (χ1n) is 41.5. The van der Waals surface area contributed by atoms with Crippen LogP contribution < -0.4 is 5.32 Å². The highest BCUT2D eigenvalue weighted by Gasteiger charge is 2.44. The molecule has 8 N–H and O–H groups in total. The summed E-state index contributed by atoms with van der Waals surface area (Å²) < 4.78 is 11.2. The van der Waals surface area contributed by atoms with Crippen molar-refractivity contribution in [3.63, 3.8) is 0 Å². The van der Waals surface area contributed by atoms with E-state index in [1.165, 1.54) is 321 Å². The maximum Gasteiger partial charge on any atom is 0.249 e. The summed E-state index contributed by atoms with van der Waals surface area (Å²) in [6.45, 7) is 3.50. The molecule has 0 aromatic heterocycles. The van der Waals surface area contributed by atoms with Crippen LogP contribution in [0, 0.1) is 0 Å². The molecule has 1 amide bonds. The number of hydrogen-bond acceptors (Lipinski definition) is 10. The van der Waals surface area contributed by atoms with Gasteiger partial charge in [0.2, 0.25) is 5.91 Å². The van der Waals surface area contributed by atoms with E-state index in [0.717, 1.165) is 44.9 Å². The molecule has 0 aromatic rings. The van der Waals surface area contributed by atoms with Crippen molar-refractivity contribution in [3.8, 4) is 0 Å². The van der Waals surface area contributed by atoms with E-state index in [1.807, 2.05) is 0 Å². The molecule has 0 aliphatic carbocycles. The molecule has 1 aliphatic rings. The average Bonchev–Trinajstić information content (AvgIpc) is 0.832. The second-order valence-corrected chi connectivity index (χ2v) is 29.2. The topological polar surface area (TPSA) is 189 Å². The van der Waals surface area contributed by atoms with Crippen LogP contribution in [-0.2, 0) is 14.3 Å². The number of aliphatic hydroxyl groups is 7. The molecular weight excluding hydrogens is 1180 g/mol. The van der Waals surface area contributed by atoms with E-state index in [4.69, 9.17) is 9.47 Å². The minimum Gasteiger partial charge on any atom is -0.394 e. The van der Waals surface area contributed by atoms with Crippen LogP contribution >= 0.6 is 0 Å². The van der Waals surface area contributed by atoms with Gasteiger partial charge < -0.3 is 50.5 Å². The predicted octanol–water partition coefficient (Wildman–Crippen LogP) is 21.8. The first-order valence-corrected chi connectivity index (χ1v) is 41.5. The molecule has 1 rings (SSSR count). The summed E-state index contributed by atoms with van der Waals surface area (Å²) in [5.74, 6) is -0.706. The van der Waals surface area contributed by atoms with Crippen molar-refractivity contribution < 1.29 is 50.0 Å². The molecule has 0 saturated carbocycles. The summed E-state index contributed by atoms with van der Waals surface area (Å²) in [5.41, 5.74) is 0. The molecule has 1 aliphatic heterocycles. The van der Waals surface area contributed by atoms with Crippen molar-refractivity contribution in [2.45, 2.75) is 467 Å². The lowest BCUT2D eigenvalue weighted by molar-refractivity contribution is -0.303. The van der Waals surface area contributed by atoms with Crippen LogP contribution in [0.25, 0.3) is 0 Å². The van der Waals surface area contributed by atoms with Gasteiger partial charge in [-0.15, -0.1) is 0 Å². The Balaban J connectivity index is 2.14. The van der Waals surface area contributed by atoms with Gasteiger partial charge in [-0.2, -0.15) is 0 Å². The number of carbonyl (C=O) groups is 1. The fourth-order valence-electron chi connectivity index (χ4n) is 13.5. The number of nitrogens with one attached hydrogen (secondary N) is 1. The summed E-state index contributed by atoms with van der Waals surface area (Å²) in [6.07, 6.45) is 85.4. The van der Waals surface area contributed by atoms with Crippen LogP contribution in [0.4, 0.5) is 0 Å². The third-order valence-electron chi connectivity index (χ3n) is 20.1. The molecule has 0 radical (unpaired) electrons. The number of ether oxygens (including phenoxy) is 2. The zero-order chi connectivity index (χ0) is 68.8. The van der Waals surface area contributed by atoms with Crippen LogP contribution in [0.15, 0.2) is 48.6 Å². The summed E-state index contributed by atoms with van der Waals surface area (Å²) in [7, 11) is 0. The normalized spacial score (nSPS) is 18.3. The summed E-state index contributed by atoms with van der Waals surface area (Å²) in [5, 5.41) is 76.7. The zero-order valence-electron chi connectivity index (χ0n) is 62.4. The SMILES string of the molecule is CCCCCCCCCCCCCCCCCCC/C=C/CC/C=C/CC/C=C/CCCC(O)C(O)C(COC1OC(CO)C(O)C(O)C1O)NC(=O)C(O)CCCCCCCCCCCCCCCCCC/C=C\CCCCCCCCCCCCCCCCCCCC. The average molecular weight is 1340 g/mol.